The van der Waals surface area contributed by atoms with Crippen LogP contribution in [0, 0.1) is 12.7 Å². The van der Waals surface area contributed by atoms with Crippen molar-refractivity contribution in [2.45, 2.75) is 39.8 Å². The highest BCUT2D eigenvalue weighted by Crippen LogP contribution is 2.20. The molecule has 0 aliphatic carbocycles. The van der Waals surface area contributed by atoms with Crippen LogP contribution < -0.4 is 5.32 Å². The minimum absolute atomic E-state index is 0.0568. The molecule has 0 atom stereocenters. The summed E-state index contributed by atoms with van der Waals surface area (Å²) in [5.41, 5.74) is 3.26. The molecule has 2 rings (SSSR count). The first-order valence-electron chi connectivity index (χ1n) is 6.41. The normalized spacial score (nSPS) is 11.8. The molecule has 4 heteroatoms. The van der Waals surface area contributed by atoms with Crippen LogP contribution in [0.3, 0.4) is 0 Å². The van der Waals surface area contributed by atoms with Gasteiger partial charge in [0.2, 0.25) is 0 Å². The van der Waals surface area contributed by atoms with E-state index in [-0.39, 0.29) is 11.4 Å². The number of rotatable bonds is 3. The van der Waals surface area contributed by atoms with E-state index >= 15 is 0 Å². The number of aromatic nitrogens is 2. The molecule has 1 aromatic heterocycles. The maximum absolute atomic E-state index is 13.5. The van der Waals surface area contributed by atoms with Gasteiger partial charge in [-0.3, -0.25) is 5.10 Å². The Morgan fingerprint density at radius 3 is 2.63 bits per heavy atom. The van der Waals surface area contributed by atoms with E-state index in [4.69, 9.17) is 0 Å². The molecule has 0 aliphatic heterocycles. The Kier molecular flexibility index (Phi) is 3.71. The van der Waals surface area contributed by atoms with Gasteiger partial charge in [-0.1, -0.05) is 12.1 Å². The highest BCUT2D eigenvalue weighted by molar-refractivity contribution is 5.59. The quantitative estimate of drug-likeness (QED) is 0.889. The van der Waals surface area contributed by atoms with Gasteiger partial charge in [0.05, 0.1) is 5.69 Å². The molecule has 102 valence electrons. The van der Waals surface area contributed by atoms with E-state index in [0.717, 1.165) is 17.0 Å². The van der Waals surface area contributed by atoms with Gasteiger partial charge in [-0.05, 0) is 45.4 Å². The number of benzene rings is 1. The summed E-state index contributed by atoms with van der Waals surface area (Å²) in [4.78, 5) is 0. The Balaban J connectivity index is 2.14. The molecule has 0 fully saturated rings. The molecule has 2 N–H and O–H groups in total. The minimum Gasteiger partial charge on any atom is -0.306 e. The molecule has 3 nitrogen and oxygen atoms in total. The summed E-state index contributed by atoms with van der Waals surface area (Å²) in [5, 5.41) is 10.6. The number of aryl methyl sites for hydroxylation is 1. The van der Waals surface area contributed by atoms with E-state index < -0.39 is 0 Å². The highest BCUT2D eigenvalue weighted by atomic mass is 19.1. The number of nitrogens with zero attached hydrogens (tertiary/aromatic N) is 1. The average molecular weight is 261 g/mol. The van der Waals surface area contributed by atoms with E-state index in [9.17, 15) is 4.39 Å². The number of hydrogen-bond donors (Lipinski definition) is 2. The third kappa shape index (κ3) is 3.64. The second-order valence-electron chi connectivity index (χ2n) is 5.85. The summed E-state index contributed by atoms with van der Waals surface area (Å²) in [6.45, 7) is 8.80. The van der Waals surface area contributed by atoms with Crippen molar-refractivity contribution in [1.29, 1.82) is 0 Å². The summed E-state index contributed by atoms with van der Waals surface area (Å²) in [7, 11) is 0. The number of H-pyrrole nitrogens is 1. The van der Waals surface area contributed by atoms with Gasteiger partial charge in [-0.15, -0.1) is 0 Å². The lowest BCUT2D eigenvalue weighted by Crippen LogP contribution is -2.35. The van der Waals surface area contributed by atoms with Crippen LogP contribution in [0.15, 0.2) is 24.3 Å². The molecule has 0 saturated carbocycles. The number of hydrogen-bond acceptors (Lipinski definition) is 2. The van der Waals surface area contributed by atoms with Crippen molar-refractivity contribution in [3.63, 3.8) is 0 Å². The predicted molar refractivity (Wildman–Crippen MR) is 75.3 cm³/mol. The Labute approximate surface area is 113 Å². The fourth-order valence-corrected chi connectivity index (χ4v) is 1.71. The minimum atomic E-state index is -0.199. The standard InChI is InChI=1S/C15H20FN3/c1-10-5-6-11(7-13(10)16)14-8-12(18-19-14)9-17-15(2,3)4/h5-8,17H,9H2,1-4H3,(H,18,19). The van der Waals surface area contributed by atoms with Crippen LogP contribution in [0.2, 0.25) is 0 Å². The number of halogens is 1. The van der Waals surface area contributed by atoms with Crippen molar-refractivity contribution in [1.82, 2.24) is 15.5 Å². The molecule has 1 aromatic carbocycles. The molecular weight excluding hydrogens is 241 g/mol. The second kappa shape index (κ2) is 5.13. The molecule has 19 heavy (non-hydrogen) atoms. The van der Waals surface area contributed by atoms with Crippen LogP contribution in [-0.4, -0.2) is 15.7 Å². The third-order valence-electron chi connectivity index (χ3n) is 2.91. The third-order valence-corrected chi connectivity index (χ3v) is 2.91. The molecule has 0 unspecified atom stereocenters. The van der Waals surface area contributed by atoms with Crippen LogP contribution in [0.5, 0.6) is 0 Å². The Morgan fingerprint density at radius 2 is 2.00 bits per heavy atom. The molecule has 0 radical (unpaired) electrons. The largest absolute Gasteiger partial charge is 0.306 e. The average Bonchev–Trinajstić information content (AvgIpc) is 2.78. The van der Waals surface area contributed by atoms with Gasteiger partial charge in [-0.2, -0.15) is 5.10 Å². The van der Waals surface area contributed by atoms with Gasteiger partial charge in [0.25, 0.3) is 0 Å². The zero-order chi connectivity index (χ0) is 14.0. The first-order chi connectivity index (χ1) is 8.85. The van der Waals surface area contributed by atoms with Crippen molar-refractivity contribution < 1.29 is 4.39 Å². The lowest BCUT2D eigenvalue weighted by molar-refractivity contribution is 0.421. The highest BCUT2D eigenvalue weighted by Gasteiger charge is 2.10. The van der Waals surface area contributed by atoms with Gasteiger partial charge < -0.3 is 5.32 Å². The van der Waals surface area contributed by atoms with Crippen molar-refractivity contribution >= 4 is 0 Å². The fraction of sp³-hybridized carbons (Fsp3) is 0.400. The van der Waals surface area contributed by atoms with E-state index in [2.05, 4.69) is 36.3 Å². The van der Waals surface area contributed by atoms with Crippen LogP contribution >= 0.6 is 0 Å². The van der Waals surface area contributed by atoms with Crippen LogP contribution in [0.4, 0.5) is 4.39 Å². The van der Waals surface area contributed by atoms with E-state index in [1.165, 1.54) is 6.07 Å². The van der Waals surface area contributed by atoms with E-state index in [1.54, 1.807) is 13.0 Å². The van der Waals surface area contributed by atoms with Crippen molar-refractivity contribution in [2.75, 3.05) is 0 Å². The smallest absolute Gasteiger partial charge is 0.126 e. The Bertz CT molecular complexity index is 567. The molecular formula is C15H20FN3. The lowest BCUT2D eigenvalue weighted by Gasteiger charge is -2.19. The Morgan fingerprint density at radius 1 is 1.26 bits per heavy atom. The van der Waals surface area contributed by atoms with Gasteiger partial charge in [0.1, 0.15) is 5.82 Å². The summed E-state index contributed by atoms with van der Waals surface area (Å²) in [6.07, 6.45) is 0. The van der Waals surface area contributed by atoms with Gasteiger partial charge in [0, 0.05) is 23.3 Å². The summed E-state index contributed by atoms with van der Waals surface area (Å²) >= 11 is 0. The maximum Gasteiger partial charge on any atom is 0.126 e. The summed E-state index contributed by atoms with van der Waals surface area (Å²) in [6, 6.07) is 7.12. The zero-order valence-electron chi connectivity index (χ0n) is 11.8. The fourth-order valence-electron chi connectivity index (χ4n) is 1.71. The van der Waals surface area contributed by atoms with Crippen molar-refractivity contribution in [2.24, 2.45) is 0 Å². The molecule has 2 aromatic rings. The predicted octanol–water partition coefficient (Wildman–Crippen LogP) is 3.41. The van der Waals surface area contributed by atoms with Gasteiger partial charge in [0.15, 0.2) is 0 Å². The monoisotopic (exact) mass is 261 g/mol. The number of aromatic amines is 1. The van der Waals surface area contributed by atoms with E-state index in [1.807, 2.05) is 12.1 Å². The van der Waals surface area contributed by atoms with Gasteiger partial charge >= 0.3 is 0 Å². The molecule has 0 aliphatic rings. The summed E-state index contributed by atoms with van der Waals surface area (Å²) < 4.78 is 13.5. The first-order valence-corrected chi connectivity index (χ1v) is 6.41. The molecule has 1 heterocycles. The maximum atomic E-state index is 13.5. The van der Waals surface area contributed by atoms with Crippen LogP contribution in [0.25, 0.3) is 11.3 Å². The van der Waals surface area contributed by atoms with Crippen LogP contribution in [0.1, 0.15) is 32.0 Å². The molecule has 0 saturated heterocycles. The second-order valence-corrected chi connectivity index (χ2v) is 5.85. The molecule has 0 amide bonds. The topological polar surface area (TPSA) is 40.7 Å². The van der Waals surface area contributed by atoms with Crippen molar-refractivity contribution in [3.8, 4) is 11.3 Å². The lowest BCUT2D eigenvalue weighted by atomic mass is 10.1. The first kappa shape index (κ1) is 13.7. The Hall–Kier alpha value is -1.68. The molecule has 0 spiro atoms. The number of nitrogens with one attached hydrogen (secondary N) is 2. The zero-order valence-corrected chi connectivity index (χ0v) is 11.8. The SMILES string of the molecule is Cc1ccc(-c2cc(CNC(C)(C)C)[nH]n2)cc1F. The molecule has 0 bridgehead atoms. The van der Waals surface area contributed by atoms with E-state index in [0.29, 0.717) is 12.1 Å². The van der Waals surface area contributed by atoms with Gasteiger partial charge in [-0.25, -0.2) is 4.39 Å². The van der Waals surface area contributed by atoms with Crippen molar-refractivity contribution in [3.05, 3.63) is 41.3 Å². The van der Waals surface area contributed by atoms with Crippen LogP contribution in [-0.2, 0) is 6.54 Å². The summed E-state index contributed by atoms with van der Waals surface area (Å²) in [5.74, 6) is -0.199.